The van der Waals surface area contributed by atoms with Gasteiger partial charge in [-0.2, -0.15) is 0 Å². The van der Waals surface area contributed by atoms with Crippen molar-refractivity contribution in [2.45, 2.75) is 58.7 Å². The molecule has 0 aliphatic carbocycles. The molecule has 3 rings (SSSR count). The highest BCUT2D eigenvalue weighted by Crippen LogP contribution is 2.19. The fraction of sp³-hybridized carbons (Fsp3) is 0.310. The molecule has 0 heterocycles. The fourth-order valence-corrected chi connectivity index (χ4v) is 3.97. The van der Waals surface area contributed by atoms with E-state index in [0.29, 0.717) is 18.0 Å². The Hall–Kier alpha value is -3.11. The predicted octanol–water partition coefficient (Wildman–Crippen LogP) is 5.75. The van der Waals surface area contributed by atoms with Gasteiger partial charge < -0.3 is 10.2 Å². The Morgan fingerprint density at radius 3 is 2.21 bits per heavy atom. The van der Waals surface area contributed by atoms with Crippen molar-refractivity contribution >= 4 is 23.4 Å². The maximum atomic E-state index is 13.7. The number of halogens is 1. The Morgan fingerprint density at radius 2 is 1.56 bits per heavy atom. The van der Waals surface area contributed by atoms with Crippen LogP contribution in [0.5, 0.6) is 0 Å². The summed E-state index contributed by atoms with van der Waals surface area (Å²) in [6.07, 6.45) is 1.46. The normalized spacial score (nSPS) is 12.6. The molecule has 0 aromatic heterocycles. The summed E-state index contributed by atoms with van der Waals surface area (Å²) < 4.78 is 0. The van der Waals surface area contributed by atoms with Gasteiger partial charge in [-0.05, 0) is 54.7 Å². The van der Waals surface area contributed by atoms with E-state index in [-0.39, 0.29) is 24.3 Å². The number of nitrogens with one attached hydrogen (secondary N) is 1. The van der Waals surface area contributed by atoms with Gasteiger partial charge >= 0.3 is 0 Å². The second-order valence-corrected chi connectivity index (χ2v) is 9.21. The Bertz CT molecular complexity index is 1080. The maximum absolute atomic E-state index is 13.7. The first-order valence-corrected chi connectivity index (χ1v) is 12.2. The van der Waals surface area contributed by atoms with E-state index in [0.717, 1.165) is 28.7 Å². The third kappa shape index (κ3) is 7.19. The van der Waals surface area contributed by atoms with Gasteiger partial charge in [0.05, 0.1) is 6.42 Å². The largest absolute Gasteiger partial charge is 0.352 e. The fourth-order valence-electron chi connectivity index (χ4n) is 3.84. The van der Waals surface area contributed by atoms with Gasteiger partial charge in [0.25, 0.3) is 0 Å². The second-order valence-electron chi connectivity index (χ2n) is 8.77. The lowest BCUT2D eigenvalue weighted by molar-refractivity contribution is -0.141. The minimum Gasteiger partial charge on any atom is -0.352 e. The molecular formula is C29H33ClN2O2. The molecule has 178 valence electrons. The number of nitrogens with zero attached hydrogens (tertiary/aromatic N) is 1. The van der Waals surface area contributed by atoms with Crippen molar-refractivity contribution < 1.29 is 9.59 Å². The van der Waals surface area contributed by atoms with E-state index < -0.39 is 6.04 Å². The van der Waals surface area contributed by atoms with Crippen LogP contribution in [0.15, 0.2) is 78.9 Å². The number of hydrogen-bond donors (Lipinski definition) is 1. The number of carbonyl (C=O) groups excluding carboxylic acids is 2. The van der Waals surface area contributed by atoms with E-state index in [1.165, 1.54) is 0 Å². The maximum Gasteiger partial charge on any atom is 0.243 e. The Balaban J connectivity index is 1.97. The molecular weight excluding hydrogens is 444 g/mol. The van der Waals surface area contributed by atoms with E-state index in [4.69, 9.17) is 11.6 Å². The summed E-state index contributed by atoms with van der Waals surface area (Å²) in [5.41, 5.74) is 4.00. The second kappa shape index (κ2) is 12.4. The molecule has 0 bridgehead atoms. The number of amides is 2. The average molecular weight is 477 g/mol. The minimum atomic E-state index is -0.629. The van der Waals surface area contributed by atoms with Gasteiger partial charge in [-0.25, -0.2) is 0 Å². The van der Waals surface area contributed by atoms with Crippen LogP contribution in [0.3, 0.4) is 0 Å². The van der Waals surface area contributed by atoms with Crippen LogP contribution in [0.4, 0.5) is 0 Å². The first-order valence-electron chi connectivity index (χ1n) is 11.8. The van der Waals surface area contributed by atoms with E-state index in [1.54, 1.807) is 17.0 Å². The number of carbonyl (C=O) groups is 2. The first-order chi connectivity index (χ1) is 16.4. The highest BCUT2D eigenvalue weighted by atomic mass is 35.5. The molecule has 0 radical (unpaired) electrons. The monoisotopic (exact) mass is 476 g/mol. The standard InChI is InChI=1S/C29H33ClN2O2/c1-4-22(3)31-29(34)27(18-23-11-6-5-7-12-23)32(20-25-13-9-8-10-21(25)2)28(33)19-24-14-16-26(30)17-15-24/h5-17,22,27H,4,18-20H2,1-3H3,(H,31,34)/t22-,27+/m0/s1. The van der Waals surface area contributed by atoms with Gasteiger partial charge in [0, 0.05) is 24.0 Å². The molecule has 0 aliphatic heterocycles. The van der Waals surface area contributed by atoms with Gasteiger partial charge in [-0.15, -0.1) is 0 Å². The summed E-state index contributed by atoms with van der Waals surface area (Å²) in [5, 5.41) is 3.73. The lowest BCUT2D eigenvalue weighted by Gasteiger charge is -2.33. The molecule has 0 fully saturated rings. The van der Waals surface area contributed by atoms with E-state index in [2.05, 4.69) is 5.32 Å². The van der Waals surface area contributed by atoms with Crippen LogP contribution in [0.2, 0.25) is 5.02 Å². The molecule has 0 aliphatic rings. The SMILES string of the molecule is CC[C@H](C)NC(=O)[C@@H](Cc1ccccc1)N(Cc1ccccc1C)C(=O)Cc1ccc(Cl)cc1. The zero-order valence-electron chi connectivity index (χ0n) is 20.1. The summed E-state index contributed by atoms with van der Waals surface area (Å²) in [5.74, 6) is -0.220. The molecule has 5 heteroatoms. The smallest absolute Gasteiger partial charge is 0.243 e. The van der Waals surface area contributed by atoms with Crippen LogP contribution in [-0.2, 0) is 29.0 Å². The summed E-state index contributed by atoms with van der Waals surface area (Å²) >= 11 is 6.03. The van der Waals surface area contributed by atoms with Crippen LogP contribution >= 0.6 is 11.6 Å². The number of aryl methyl sites for hydroxylation is 1. The number of hydrogen-bond acceptors (Lipinski definition) is 2. The van der Waals surface area contributed by atoms with Crippen molar-refractivity contribution in [3.8, 4) is 0 Å². The molecule has 34 heavy (non-hydrogen) atoms. The molecule has 1 N–H and O–H groups in total. The Labute approximate surface area is 207 Å². The lowest BCUT2D eigenvalue weighted by Crippen LogP contribution is -2.52. The quantitative estimate of drug-likeness (QED) is 0.405. The molecule has 0 spiro atoms. The Morgan fingerprint density at radius 1 is 0.912 bits per heavy atom. The molecule has 2 amide bonds. The van der Waals surface area contributed by atoms with Gasteiger partial charge in [0.2, 0.25) is 11.8 Å². The third-order valence-corrected chi connectivity index (χ3v) is 6.39. The van der Waals surface area contributed by atoms with Crippen LogP contribution in [0.1, 0.15) is 42.5 Å². The topological polar surface area (TPSA) is 49.4 Å². The molecule has 4 nitrogen and oxygen atoms in total. The average Bonchev–Trinajstić information content (AvgIpc) is 2.84. The number of rotatable bonds is 10. The van der Waals surface area contributed by atoms with Gasteiger partial charge in [0.1, 0.15) is 6.04 Å². The van der Waals surface area contributed by atoms with Gasteiger partial charge in [-0.3, -0.25) is 9.59 Å². The Kier molecular flexibility index (Phi) is 9.29. The summed E-state index contributed by atoms with van der Waals surface area (Å²) in [6.45, 7) is 6.42. The van der Waals surface area contributed by atoms with E-state index in [9.17, 15) is 9.59 Å². The molecule has 0 unspecified atom stereocenters. The highest BCUT2D eigenvalue weighted by molar-refractivity contribution is 6.30. The summed E-state index contributed by atoms with van der Waals surface area (Å²) in [4.78, 5) is 29.0. The molecule has 2 atom stereocenters. The molecule has 3 aromatic carbocycles. The van der Waals surface area contributed by atoms with Crippen molar-refractivity contribution in [3.05, 3.63) is 106 Å². The molecule has 3 aromatic rings. The lowest BCUT2D eigenvalue weighted by atomic mass is 10.00. The molecule has 0 saturated carbocycles. The van der Waals surface area contributed by atoms with Crippen molar-refractivity contribution in [2.75, 3.05) is 0 Å². The van der Waals surface area contributed by atoms with Crippen molar-refractivity contribution in [3.63, 3.8) is 0 Å². The van der Waals surface area contributed by atoms with Crippen molar-refractivity contribution in [1.29, 1.82) is 0 Å². The van der Waals surface area contributed by atoms with Crippen LogP contribution in [-0.4, -0.2) is 28.8 Å². The molecule has 0 saturated heterocycles. The van der Waals surface area contributed by atoms with Crippen molar-refractivity contribution in [1.82, 2.24) is 10.2 Å². The zero-order chi connectivity index (χ0) is 24.5. The van der Waals surface area contributed by atoms with Crippen LogP contribution in [0, 0.1) is 6.92 Å². The van der Waals surface area contributed by atoms with Crippen LogP contribution in [0.25, 0.3) is 0 Å². The van der Waals surface area contributed by atoms with E-state index >= 15 is 0 Å². The minimum absolute atomic E-state index is 0.0254. The van der Waals surface area contributed by atoms with Gasteiger partial charge in [-0.1, -0.05) is 85.3 Å². The highest BCUT2D eigenvalue weighted by Gasteiger charge is 2.31. The zero-order valence-corrected chi connectivity index (χ0v) is 20.9. The predicted molar refractivity (Wildman–Crippen MR) is 139 cm³/mol. The van der Waals surface area contributed by atoms with E-state index in [1.807, 2.05) is 87.5 Å². The van der Waals surface area contributed by atoms with Gasteiger partial charge in [0.15, 0.2) is 0 Å². The third-order valence-electron chi connectivity index (χ3n) is 6.14. The van der Waals surface area contributed by atoms with Crippen molar-refractivity contribution in [2.24, 2.45) is 0 Å². The summed E-state index contributed by atoms with van der Waals surface area (Å²) in [7, 11) is 0. The summed E-state index contributed by atoms with van der Waals surface area (Å²) in [6, 6.07) is 24.5. The first kappa shape index (κ1) is 25.5. The van der Waals surface area contributed by atoms with Crippen LogP contribution < -0.4 is 5.32 Å². The number of benzene rings is 3.